The van der Waals surface area contributed by atoms with Crippen molar-refractivity contribution in [2.24, 2.45) is 0 Å². The highest BCUT2D eigenvalue weighted by Gasteiger charge is 2.20. The van der Waals surface area contributed by atoms with E-state index in [9.17, 15) is 0 Å². The lowest BCUT2D eigenvalue weighted by atomic mass is 9.93. The molecular formula is C15H21N3O. The van der Waals surface area contributed by atoms with E-state index in [1.54, 1.807) is 6.26 Å². The normalized spacial score (nSPS) is 15.5. The van der Waals surface area contributed by atoms with Gasteiger partial charge in [0.2, 0.25) is 5.89 Å². The number of fused-ring (bicyclic) bond motifs is 1. The Morgan fingerprint density at radius 1 is 1.26 bits per heavy atom. The highest BCUT2D eigenvalue weighted by Crippen LogP contribution is 2.23. The largest absolute Gasteiger partial charge is 0.447 e. The summed E-state index contributed by atoms with van der Waals surface area (Å²) in [5, 5.41) is 0. The lowest BCUT2D eigenvalue weighted by Crippen LogP contribution is -2.12. The Labute approximate surface area is 113 Å². The minimum atomic E-state index is 0.0378. The Hall–Kier alpha value is -1.58. The number of oxazole rings is 1. The van der Waals surface area contributed by atoms with Gasteiger partial charge in [-0.1, -0.05) is 20.8 Å². The third-order valence-electron chi connectivity index (χ3n) is 3.74. The quantitative estimate of drug-likeness (QED) is 0.832. The van der Waals surface area contributed by atoms with Gasteiger partial charge in [0.1, 0.15) is 12.8 Å². The number of rotatable bonds is 2. The van der Waals surface area contributed by atoms with Crippen LogP contribution in [0.4, 0.5) is 0 Å². The van der Waals surface area contributed by atoms with E-state index in [1.165, 1.54) is 24.2 Å². The standard InChI is InChI=1S/C15H21N3O/c1-15(2,3)13-9-19-14(17-13)8-18-10-16-11-6-4-5-7-12(11)18/h9-10H,4-8H2,1-3H3. The Bertz CT molecular complexity index is 574. The maximum absolute atomic E-state index is 5.60. The van der Waals surface area contributed by atoms with Crippen molar-refractivity contribution in [2.75, 3.05) is 0 Å². The van der Waals surface area contributed by atoms with Gasteiger partial charge in [-0.05, 0) is 25.7 Å². The first kappa shape index (κ1) is 12.5. The molecule has 1 aliphatic carbocycles. The summed E-state index contributed by atoms with van der Waals surface area (Å²) >= 11 is 0. The van der Waals surface area contributed by atoms with Crippen molar-refractivity contribution in [1.82, 2.24) is 14.5 Å². The van der Waals surface area contributed by atoms with Gasteiger partial charge in [-0.2, -0.15) is 0 Å². The van der Waals surface area contributed by atoms with Crippen LogP contribution in [0, 0.1) is 0 Å². The highest BCUT2D eigenvalue weighted by molar-refractivity contribution is 5.17. The molecule has 0 saturated carbocycles. The van der Waals surface area contributed by atoms with Crippen LogP contribution in [0.3, 0.4) is 0 Å². The van der Waals surface area contributed by atoms with Crippen LogP contribution in [0.15, 0.2) is 17.0 Å². The maximum Gasteiger partial charge on any atom is 0.214 e. The third-order valence-corrected chi connectivity index (χ3v) is 3.74. The predicted octanol–water partition coefficient (Wildman–Crippen LogP) is 3.10. The van der Waals surface area contributed by atoms with Crippen molar-refractivity contribution in [1.29, 1.82) is 0 Å². The van der Waals surface area contributed by atoms with Crippen molar-refractivity contribution in [3.63, 3.8) is 0 Å². The monoisotopic (exact) mass is 259 g/mol. The molecule has 0 spiro atoms. The van der Waals surface area contributed by atoms with Crippen molar-refractivity contribution >= 4 is 0 Å². The summed E-state index contributed by atoms with van der Waals surface area (Å²) in [5.41, 5.74) is 3.67. The fraction of sp³-hybridized carbons (Fsp3) is 0.600. The Balaban J connectivity index is 1.82. The van der Waals surface area contributed by atoms with E-state index in [1.807, 2.05) is 6.33 Å². The molecule has 4 nitrogen and oxygen atoms in total. The molecule has 2 heterocycles. The van der Waals surface area contributed by atoms with Gasteiger partial charge >= 0.3 is 0 Å². The lowest BCUT2D eigenvalue weighted by Gasteiger charge is -2.13. The van der Waals surface area contributed by atoms with E-state index in [4.69, 9.17) is 4.42 Å². The molecule has 0 N–H and O–H groups in total. The minimum absolute atomic E-state index is 0.0378. The average molecular weight is 259 g/mol. The first-order valence-electron chi connectivity index (χ1n) is 7.02. The summed E-state index contributed by atoms with van der Waals surface area (Å²) in [6.07, 6.45) is 8.47. The number of aromatic nitrogens is 3. The number of hydrogen-bond donors (Lipinski definition) is 0. The smallest absolute Gasteiger partial charge is 0.214 e. The van der Waals surface area contributed by atoms with Gasteiger partial charge < -0.3 is 8.98 Å². The fourth-order valence-electron chi connectivity index (χ4n) is 2.54. The molecule has 0 amide bonds. The Kier molecular flexibility index (Phi) is 2.96. The van der Waals surface area contributed by atoms with Crippen molar-refractivity contribution in [2.45, 2.75) is 58.4 Å². The zero-order valence-electron chi connectivity index (χ0n) is 11.9. The SMILES string of the molecule is CC(C)(C)c1coc(Cn2cnc3c2CCCC3)n1. The van der Waals surface area contributed by atoms with Crippen LogP contribution in [0.1, 0.15) is 56.6 Å². The van der Waals surface area contributed by atoms with Crippen LogP contribution in [-0.4, -0.2) is 14.5 Å². The minimum Gasteiger partial charge on any atom is -0.447 e. The van der Waals surface area contributed by atoms with E-state index >= 15 is 0 Å². The molecule has 0 aliphatic heterocycles. The second kappa shape index (κ2) is 4.51. The molecule has 0 atom stereocenters. The van der Waals surface area contributed by atoms with Gasteiger partial charge in [0.15, 0.2) is 0 Å². The van der Waals surface area contributed by atoms with Gasteiger partial charge in [0.25, 0.3) is 0 Å². The van der Waals surface area contributed by atoms with Crippen LogP contribution >= 0.6 is 0 Å². The molecule has 0 unspecified atom stereocenters. The first-order valence-corrected chi connectivity index (χ1v) is 7.02. The molecule has 3 rings (SSSR count). The first-order chi connectivity index (χ1) is 9.04. The number of aryl methyl sites for hydroxylation is 1. The van der Waals surface area contributed by atoms with Crippen LogP contribution in [0.5, 0.6) is 0 Å². The third kappa shape index (κ3) is 2.44. The summed E-state index contributed by atoms with van der Waals surface area (Å²) in [5.74, 6) is 0.774. The lowest BCUT2D eigenvalue weighted by molar-refractivity contribution is 0.470. The van der Waals surface area contributed by atoms with Gasteiger partial charge in [0, 0.05) is 11.1 Å². The molecule has 0 radical (unpaired) electrons. The molecule has 102 valence electrons. The molecule has 2 aromatic rings. The van der Waals surface area contributed by atoms with Crippen molar-refractivity contribution in [3.05, 3.63) is 35.6 Å². The fourth-order valence-corrected chi connectivity index (χ4v) is 2.54. The summed E-state index contributed by atoms with van der Waals surface area (Å²) in [7, 11) is 0. The second-order valence-corrected chi connectivity index (χ2v) is 6.35. The van der Waals surface area contributed by atoms with Crippen LogP contribution in [0.2, 0.25) is 0 Å². The summed E-state index contributed by atoms with van der Waals surface area (Å²) in [6.45, 7) is 7.13. The van der Waals surface area contributed by atoms with Crippen LogP contribution in [0.25, 0.3) is 0 Å². The van der Waals surface area contributed by atoms with Gasteiger partial charge in [-0.25, -0.2) is 9.97 Å². The van der Waals surface area contributed by atoms with Crippen molar-refractivity contribution < 1.29 is 4.42 Å². The summed E-state index contributed by atoms with van der Waals surface area (Å²) < 4.78 is 7.78. The van der Waals surface area contributed by atoms with E-state index in [0.717, 1.165) is 24.4 Å². The predicted molar refractivity (Wildman–Crippen MR) is 73.2 cm³/mol. The van der Waals surface area contributed by atoms with Gasteiger partial charge in [-0.3, -0.25) is 0 Å². The molecule has 0 fully saturated rings. The van der Waals surface area contributed by atoms with Crippen LogP contribution in [-0.2, 0) is 24.8 Å². The highest BCUT2D eigenvalue weighted by atomic mass is 16.3. The molecule has 2 aromatic heterocycles. The second-order valence-electron chi connectivity index (χ2n) is 6.35. The zero-order valence-corrected chi connectivity index (χ0v) is 11.9. The molecule has 0 saturated heterocycles. The van der Waals surface area contributed by atoms with Gasteiger partial charge in [-0.15, -0.1) is 0 Å². The maximum atomic E-state index is 5.60. The number of nitrogens with zero attached hydrogens (tertiary/aromatic N) is 3. The van der Waals surface area contributed by atoms with E-state index in [2.05, 4.69) is 35.3 Å². The molecule has 0 aromatic carbocycles. The molecule has 19 heavy (non-hydrogen) atoms. The molecule has 4 heteroatoms. The zero-order chi connectivity index (χ0) is 13.5. The molecule has 1 aliphatic rings. The molecule has 0 bridgehead atoms. The van der Waals surface area contributed by atoms with Crippen molar-refractivity contribution in [3.8, 4) is 0 Å². The Morgan fingerprint density at radius 2 is 2.05 bits per heavy atom. The number of imidazole rings is 1. The topological polar surface area (TPSA) is 43.9 Å². The van der Waals surface area contributed by atoms with Crippen LogP contribution < -0.4 is 0 Å². The van der Waals surface area contributed by atoms with Gasteiger partial charge in [0.05, 0.1) is 17.7 Å². The number of hydrogen-bond acceptors (Lipinski definition) is 3. The van der Waals surface area contributed by atoms with E-state index < -0.39 is 0 Å². The summed E-state index contributed by atoms with van der Waals surface area (Å²) in [6, 6.07) is 0. The molecular weight excluding hydrogens is 238 g/mol. The average Bonchev–Trinajstić information content (AvgIpc) is 2.97. The Morgan fingerprint density at radius 3 is 2.79 bits per heavy atom. The van der Waals surface area contributed by atoms with E-state index in [-0.39, 0.29) is 5.41 Å². The summed E-state index contributed by atoms with van der Waals surface area (Å²) in [4.78, 5) is 9.09. The van der Waals surface area contributed by atoms with E-state index in [0.29, 0.717) is 6.54 Å².